The summed E-state index contributed by atoms with van der Waals surface area (Å²) in [5.74, 6) is 1.07. The Morgan fingerprint density at radius 1 is 1.05 bits per heavy atom. The predicted octanol–water partition coefficient (Wildman–Crippen LogP) is 3.74. The quantitative estimate of drug-likeness (QED) is 0.768. The molecule has 0 spiro atoms. The van der Waals surface area contributed by atoms with Crippen molar-refractivity contribution in [3.63, 3.8) is 0 Å². The van der Waals surface area contributed by atoms with E-state index in [1.807, 2.05) is 11.0 Å². The van der Waals surface area contributed by atoms with Crippen LogP contribution in [0.2, 0.25) is 0 Å². The Balaban J connectivity index is 3.32. The normalized spacial score (nSPS) is 13.4. The number of benzene rings is 1. The molecule has 1 aromatic carbocycles. The summed E-state index contributed by atoms with van der Waals surface area (Å²) in [6.45, 7) is 8.33. The first-order valence-electron chi connectivity index (χ1n) is 7.55. The molecule has 0 N–H and O–H groups in total. The van der Waals surface area contributed by atoms with E-state index in [9.17, 15) is 4.79 Å². The molecule has 4 heteroatoms. The Bertz CT molecular complexity index is 441. The highest BCUT2D eigenvalue weighted by Gasteiger charge is 2.29. The molecule has 2 atom stereocenters. The van der Waals surface area contributed by atoms with Crippen molar-refractivity contribution in [1.29, 1.82) is 0 Å². The van der Waals surface area contributed by atoms with E-state index in [1.165, 1.54) is 0 Å². The number of hydrogen-bond donors (Lipinski definition) is 0. The van der Waals surface area contributed by atoms with E-state index < -0.39 is 0 Å². The zero-order chi connectivity index (χ0) is 16.0. The summed E-state index contributed by atoms with van der Waals surface area (Å²) in [7, 11) is 3.14. The molecule has 2 unspecified atom stereocenters. The summed E-state index contributed by atoms with van der Waals surface area (Å²) in [6, 6.07) is 5.75. The Morgan fingerprint density at radius 3 is 1.81 bits per heavy atom. The number of amides is 1. The maximum Gasteiger partial charge on any atom is 0.261 e. The van der Waals surface area contributed by atoms with Crippen LogP contribution < -0.4 is 9.47 Å². The van der Waals surface area contributed by atoms with E-state index in [4.69, 9.17) is 9.47 Å². The van der Waals surface area contributed by atoms with Gasteiger partial charge in [0.05, 0.1) is 14.2 Å². The van der Waals surface area contributed by atoms with Crippen molar-refractivity contribution < 1.29 is 14.3 Å². The van der Waals surface area contributed by atoms with Gasteiger partial charge in [0, 0.05) is 12.1 Å². The largest absolute Gasteiger partial charge is 0.496 e. The fourth-order valence-corrected chi connectivity index (χ4v) is 2.42. The first kappa shape index (κ1) is 17.3. The lowest BCUT2D eigenvalue weighted by Gasteiger charge is -2.34. The Hall–Kier alpha value is -1.71. The summed E-state index contributed by atoms with van der Waals surface area (Å²) in [5, 5.41) is 0. The molecule has 0 aliphatic heterocycles. The lowest BCUT2D eigenvalue weighted by Crippen LogP contribution is -2.44. The molecule has 1 amide bonds. The molecule has 0 bridgehead atoms. The summed E-state index contributed by atoms with van der Waals surface area (Å²) >= 11 is 0. The molecule has 0 saturated carbocycles. The summed E-state index contributed by atoms with van der Waals surface area (Å²) in [6.07, 6.45) is 1.82. The Labute approximate surface area is 128 Å². The van der Waals surface area contributed by atoms with Gasteiger partial charge in [0.25, 0.3) is 5.91 Å². The van der Waals surface area contributed by atoms with Crippen LogP contribution in [0, 0.1) is 0 Å². The standard InChI is InChI=1S/C17H27NO3/c1-7-12(3)18(13(4)8-2)17(19)16-14(20-5)10-9-11-15(16)21-6/h9-13H,7-8H2,1-6H3. The van der Waals surface area contributed by atoms with Gasteiger partial charge in [-0.1, -0.05) is 19.9 Å². The van der Waals surface area contributed by atoms with Crippen LogP contribution in [0.15, 0.2) is 18.2 Å². The zero-order valence-electron chi connectivity index (χ0n) is 14.0. The highest BCUT2D eigenvalue weighted by Crippen LogP contribution is 2.31. The number of ether oxygens (including phenoxy) is 2. The molecule has 0 aliphatic carbocycles. The van der Waals surface area contributed by atoms with E-state index >= 15 is 0 Å². The van der Waals surface area contributed by atoms with Crippen molar-refractivity contribution in [1.82, 2.24) is 4.90 Å². The molecule has 21 heavy (non-hydrogen) atoms. The van der Waals surface area contributed by atoms with Crippen molar-refractivity contribution in [2.45, 2.75) is 52.6 Å². The third-order valence-corrected chi connectivity index (χ3v) is 4.01. The van der Waals surface area contributed by atoms with E-state index in [0.717, 1.165) is 12.8 Å². The molecular weight excluding hydrogens is 266 g/mol. The molecule has 4 nitrogen and oxygen atoms in total. The molecule has 1 rings (SSSR count). The van der Waals surface area contributed by atoms with Crippen molar-refractivity contribution in [2.24, 2.45) is 0 Å². The highest BCUT2D eigenvalue weighted by molar-refractivity contribution is 6.00. The van der Waals surface area contributed by atoms with Gasteiger partial charge in [-0.05, 0) is 38.8 Å². The minimum absolute atomic E-state index is 0.0343. The van der Waals surface area contributed by atoms with Gasteiger partial charge in [-0.3, -0.25) is 4.79 Å². The lowest BCUT2D eigenvalue weighted by atomic mass is 10.1. The second-order valence-corrected chi connectivity index (χ2v) is 5.26. The van der Waals surface area contributed by atoms with Crippen molar-refractivity contribution in [2.75, 3.05) is 14.2 Å². The monoisotopic (exact) mass is 293 g/mol. The highest BCUT2D eigenvalue weighted by atomic mass is 16.5. The molecule has 0 radical (unpaired) electrons. The second-order valence-electron chi connectivity index (χ2n) is 5.26. The molecular formula is C17H27NO3. The van der Waals surface area contributed by atoms with Crippen molar-refractivity contribution in [3.8, 4) is 11.5 Å². The smallest absolute Gasteiger partial charge is 0.261 e. The van der Waals surface area contributed by atoms with E-state index in [-0.39, 0.29) is 18.0 Å². The molecule has 118 valence electrons. The summed E-state index contributed by atoms with van der Waals surface area (Å²) in [5.41, 5.74) is 0.503. The minimum Gasteiger partial charge on any atom is -0.496 e. The Morgan fingerprint density at radius 2 is 1.48 bits per heavy atom. The first-order valence-corrected chi connectivity index (χ1v) is 7.55. The van der Waals surface area contributed by atoms with Crippen LogP contribution in [0.25, 0.3) is 0 Å². The minimum atomic E-state index is -0.0343. The van der Waals surface area contributed by atoms with E-state index in [0.29, 0.717) is 17.1 Å². The van der Waals surface area contributed by atoms with E-state index in [1.54, 1.807) is 26.4 Å². The maximum atomic E-state index is 13.1. The Kier molecular flexibility index (Phi) is 6.53. The van der Waals surface area contributed by atoms with Crippen molar-refractivity contribution in [3.05, 3.63) is 23.8 Å². The molecule has 0 fully saturated rings. The molecule has 0 heterocycles. The van der Waals surface area contributed by atoms with Crippen LogP contribution in [0.1, 0.15) is 50.9 Å². The fraction of sp³-hybridized carbons (Fsp3) is 0.588. The molecule has 0 aromatic heterocycles. The van der Waals surface area contributed by atoms with Gasteiger partial charge >= 0.3 is 0 Å². The number of methoxy groups -OCH3 is 2. The lowest BCUT2D eigenvalue weighted by molar-refractivity contribution is 0.0591. The number of nitrogens with zero attached hydrogens (tertiary/aromatic N) is 1. The average Bonchev–Trinajstić information content (AvgIpc) is 2.53. The third kappa shape index (κ3) is 3.69. The molecule has 0 saturated heterocycles. The number of carbonyl (C=O) groups excluding carboxylic acids is 1. The summed E-state index contributed by atoms with van der Waals surface area (Å²) < 4.78 is 10.7. The van der Waals surface area contributed by atoms with Crippen LogP contribution in [-0.4, -0.2) is 37.1 Å². The van der Waals surface area contributed by atoms with Gasteiger partial charge in [0.2, 0.25) is 0 Å². The van der Waals surface area contributed by atoms with Crippen molar-refractivity contribution >= 4 is 5.91 Å². The van der Waals surface area contributed by atoms with Crippen LogP contribution in [0.4, 0.5) is 0 Å². The molecule has 0 aliphatic rings. The summed E-state index contributed by atoms with van der Waals surface area (Å²) in [4.78, 5) is 15.0. The van der Waals surface area contributed by atoms with Gasteiger partial charge in [-0.15, -0.1) is 0 Å². The predicted molar refractivity (Wildman–Crippen MR) is 85.2 cm³/mol. The second kappa shape index (κ2) is 7.91. The van der Waals surface area contributed by atoms with Gasteiger partial charge in [-0.2, -0.15) is 0 Å². The third-order valence-electron chi connectivity index (χ3n) is 4.01. The first-order chi connectivity index (χ1) is 10.0. The zero-order valence-corrected chi connectivity index (χ0v) is 14.0. The van der Waals surface area contributed by atoms with E-state index in [2.05, 4.69) is 27.7 Å². The van der Waals surface area contributed by atoms with Crippen LogP contribution in [-0.2, 0) is 0 Å². The topological polar surface area (TPSA) is 38.8 Å². The van der Waals surface area contributed by atoms with Gasteiger partial charge < -0.3 is 14.4 Å². The van der Waals surface area contributed by atoms with Gasteiger partial charge in [-0.25, -0.2) is 0 Å². The van der Waals surface area contributed by atoms with Gasteiger partial charge in [0.1, 0.15) is 17.1 Å². The van der Waals surface area contributed by atoms with Crippen LogP contribution in [0.5, 0.6) is 11.5 Å². The van der Waals surface area contributed by atoms with Crippen LogP contribution in [0.3, 0.4) is 0 Å². The SMILES string of the molecule is CCC(C)N(C(=O)c1c(OC)cccc1OC)C(C)CC. The number of hydrogen-bond acceptors (Lipinski definition) is 3. The maximum absolute atomic E-state index is 13.1. The molecule has 1 aromatic rings. The average molecular weight is 293 g/mol. The number of rotatable bonds is 7. The fourth-order valence-electron chi connectivity index (χ4n) is 2.42. The van der Waals surface area contributed by atoms with Gasteiger partial charge in [0.15, 0.2) is 0 Å². The number of carbonyl (C=O) groups is 1. The van der Waals surface area contributed by atoms with Crippen LogP contribution >= 0.6 is 0 Å².